The lowest BCUT2D eigenvalue weighted by Gasteiger charge is -2.03. The van der Waals surface area contributed by atoms with E-state index in [1.54, 1.807) is 0 Å². The number of hydrogen-bond donors (Lipinski definition) is 0. The summed E-state index contributed by atoms with van der Waals surface area (Å²) in [7, 11) is 0. The first-order valence-electron chi connectivity index (χ1n) is 5.35. The summed E-state index contributed by atoms with van der Waals surface area (Å²) in [6.45, 7) is 4.51. The first-order valence-corrected chi connectivity index (χ1v) is 6.17. The summed E-state index contributed by atoms with van der Waals surface area (Å²) in [5, 5.41) is 9.94. The van der Waals surface area contributed by atoms with Gasteiger partial charge in [0.05, 0.1) is 17.3 Å². The maximum absolute atomic E-state index is 9.03. The molecule has 0 N–H and O–H groups in total. The number of nitrogens with zero attached hydrogens (tertiary/aromatic N) is 2. The summed E-state index contributed by atoms with van der Waals surface area (Å²) < 4.78 is 5.38. The highest BCUT2D eigenvalue weighted by atomic mass is 32.1. The van der Waals surface area contributed by atoms with Gasteiger partial charge in [0.15, 0.2) is 0 Å². The molecule has 86 valence electrons. The molecule has 0 aliphatic rings. The molecule has 0 amide bonds. The van der Waals surface area contributed by atoms with Gasteiger partial charge in [0.1, 0.15) is 16.7 Å². The molecule has 0 saturated carbocycles. The average molecular weight is 244 g/mol. The first kappa shape index (κ1) is 11.6. The van der Waals surface area contributed by atoms with Gasteiger partial charge in [0, 0.05) is 5.56 Å². The molecule has 0 saturated heterocycles. The van der Waals surface area contributed by atoms with E-state index in [1.807, 2.05) is 38.1 Å². The molecule has 0 bridgehead atoms. The third-order valence-corrected chi connectivity index (χ3v) is 3.15. The van der Waals surface area contributed by atoms with E-state index in [0.29, 0.717) is 11.5 Å². The largest absolute Gasteiger partial charge is 0.494 e. The van der Waals surface area contributed by atoms with Crippen molar-refractivity contribution in [2.75, 3.05) is 6.61 Å². The zero-order chi connectivity index (χ0) is 12.3. The lowest BCUT2D eigenvalue weighted by molar-refractivity contribution is 0.340. The van der Waals surface area contributed by atoms with Crippen molar-refractivity contribution in [1.82, 2.24) is 4.98 Å². The van der Waals surface area contributed by atoms with Crippen LogP contribution in [0.25, 0.3) is 11.3 Å². The fourth-order valence-corrected chi connectivity index (χ4v) is 2.31. The summed E-state index contributed by atoms with van der Waals surface area (Å²) >= 11 is 1.42. The molecule has 1 aromatic carbocycles. The van der Waals surface area contributed by atoms with Gasteiger partial charge in [-0.15, -0.1) is 11.3 Å². The summed E-state index contributed by atoms with van der Waals surface area (Å²) in [5.41, 5.74) is 1.72. The van der Waals surface area contributed by atoms with Crippen LogP contribution < -0.4 is 4.74 Å². The van der Waals surface area contributed by atoms with Crippen LogP contribution in [0.4, 0.5) is 0 Å². The van der Waals surface area contributed by atoms with Crippen LogP contribution in [0.2, 0.25) is 0 Å². The van der Waals surface area contributed by atoms with Crippen LogP contribution in [-0.4, -0.2) is 11.6 Å². The molecule has 2 aromatic rings. The zero-order valence-electron chi connectivity index (χ0n) is 9.73. The van der Waals surface area contributed by atoms with Crippen molar-refractivity contribution in [3.05, 3.63) is 34.2 Å². The summed E-state index contributed by atoms with van der Waals surface area (Å²) in [5.74, 6) is 0.835. The normalized spacial score (nSPS) is 9.94. The molecular weight excluding hydrogens is 232 g/mol. The van der Waals surface area contributed by atoms with E-state index in [2.05, 4.69) is 11.1 Å². The minimum atomic E-state index is 0.651. The molecule has 0 aliphatic heterocycles. The molecule has 3 nitrogen and oxygen atoms in total. The summed E-state index contributed by atoms with van der Waals surface area (Å²) in [4.78, 5) is 5.04. The van der Waals surface area contributed by atoms with Crippen LogP contribution in [0, 0.1) is 18.3 Å². The van der Waals surface area contributed by atoms with Crippen LogP contribution >= 0.6 is 11.3 Å². The summed E-state index contributed by atoms with van der Waals surface area (Å²) in [6.07, 6.45) is 0. The van der Waals surface area contributed by atoms with Crippen LogP contribution in [0.3, 0.4) is 0 Å². The van der Waals surface area contributed by atoms with Crippen molar-refractivity contribution in [2.24, 2.45) is 0 Å². The van der Waals surface area contributed by atoms with Crippen molar-refractivity contribution in [3.8, 4) is 23.1 Å². The monoisotopic (exact) mass is 244 g/mol. The molecule has 0 unspecified atom stereocenters. The zero-order valence-corrected chi connectivity index (χ0v) is 10.5. The van der Waals surface area contributed by atoms with Crippen LogP contribution in [0.15, 0.2) is 24.3 Å². The maximum atomic E-state index is 9.03. The third-order valence-electron chi connectivity index (χ3n) is 2.27. The number of rotatable bonds is 3. The molecule has 0 spiro atoms. The molecule has 0 aliphatic carbocycles. The smallest absolute Gasteiger partial charge is 0.132 e. The van der Waals surface area contributed by atoms with Gasteiger partial charge in [-0.1, -0.05) is 0 Å². The van der Waals surface area contributed by atoms with E-state index in [-0.39, 0.29) is 0 Å². The maximum Gasteiger partial charge on any atom is 0.132 e. The van der Waals surface area contributed by atoms with E-state index in [9.17, 15) is 0 Å². The number of ether oxygens (including phenoxy) is 1. The van der Waals surface area contributed by atoms with E-state index in [1.165, 1.54) is 11.3 Å². The molecule has 17 heavy (non-hydrogen) atoms. The molecule has 0 fully saturated rings. The number of hydrogen-bond acceptors (Lipinski definition) is 4. The van der Waals surface area contributed by atoms with E-state index in [0.717, 1.165) is 22.0 Å². The quantitative estimate of drug-likeness (QED) is 0.831. The molecule has 0 radical (unpaired) electrons. The lowest BCUT2D eigenvalue weighted by Crippen LogP contribution is -1.90. The number of aromatic nitrogens is 1. The van der Waals surface area contributed by atoms with Gasteiger partial charge in [-0.25, -0.2) is 4.98 Å². The molecule has 4 heteroatoms. The van der Waals surface area contributed by atoms with Gasteiger partial charge in [0.2, 0.25) is 0 Å². The Hall–Kier alpha value is -1.86. The Balaban J connectivity index is 2.36. The minimum Gasteiger partial charge on any atom is -0.494 e. The van der Waals surface area contributed by atoms with Crippen LogP contribution in [0.5, 0.6) is 5.75 Å². The van der Waals surface area contributed by atoms with E-state index < -0.39 is 0 Å². The fourth-order valence-electron chi connectivity index (χ4n) is 1.57. The van der Waals surface area contributed by atoms with Crippen LogP contribution in [0.1, 0.15) is 16.8 Å². The van der Waals surface area contributed by atoms with Gasteiger partial charge >= 0.3 is 0 Å². The Labute approximate surface area is 104 Å². The predicted molar refractivity (Wildman–Crippen MR) is 68.2 cm³/mol. The third kappa shape index (κ3) is 2.45. The predicted octanol–water partition coefficient (Wildman–Crippen LogP) is 3.39. The fraction of sp³-hybridized carbons (Fsp3) is 0.231. The van der Waals surface area contributed by atoms with Gasteiger partial charge in [-0.2, -0.15) is 5.26 Å². The Morgan fingerprint density at radius 2 is 2.06 bits per heavy atom. The van der Waals surface area contributed by atoms with Crippen LogP contribution in [-0.2, 0) is 0 Å². The second kappa shape index (κ2) is 4.98. The average Bonchev–Trinajstić information content (AvgIpc) is 2.72. The number of benzene rings is 1. The van der Waals surface area contributed by atoms with Gasteiger partial charge < -0.3 is 4.74 Å². The lowest BCUT2D eigenvalue weighted by atomic mass is 10.1. The molecule has 1 heterocycles. The van der Waals surface area contributed by atoms with Gasteiger partial charge in [0.25, 0.3) is 0 Å². The second-order valence-corrected chi connectivity index (χ2v) is 4.68. The molecule has 2 rings (SSSR count). The Morgan fingerprint density at radius 3 is 2.65 bits per heavy atom. The van der Waals surface area contributed by atoms with Crippen molar-refractivity contribution in [1.29, 1.82) is 5.26 Å². The molecule has 1 aromatic heterocycles. The second-order valence-electron chi connectivity index (χ2n) is 3.48. The highest BCUT2D eigenvalue weighted by Gasteiger charge is 2.10. The first-order chi connectivity index (χ1) is 8.24. The van der Waals surface area contributed by atoms with Crippen molar-refractivity contribution >= 4 is 11.3 Å². The Bertz CT molecular complexity index is 552. The Morgan fingerprint density at radius 1 is 1.35 bits per heavy atom. The van der Waals surface area contributed by atoms with E-state index in [4.69, 9.17) is 10.00 Å². The van der Waals surface area contributed by atoms with Crippen molar-refractivity contribution in [2.45, 2.75) is 13.8 Å². The molecule has 0 atom stereocenters. The SMILES string of the molecule is CCOc1ccc(-c2nc(C)sc2C#N)cc1. The van der Waals surface area contributed by atoms with Gasteiger partial charge in [-0.05, 0) is 38.1 Å². The Kier molecular flexibility index (Phi) is 3.40. The number of aryl methyl sites for hydroxylation is 1. The summed E-state index contributed by atoms with van der Waals surface area (Å²) in [6, 6.07) is 9.84. The van der Waals surface area contributed by atoms with Crippen molar-refractivity contribution < 1.29 is 4.74 Å². The van der Waals surface area contributed by atoms with Crippen molar-refractivity contribution in [3.63, 3.8) is 0 Å². The topological polar surface area (TPSA) is 45.9 Å². The van der Waals surface area contributed by atoms with Gasteiger partial charge in [-0.3, -0.25) is 0 Å². The number of thiazole rings is 1. The van der Waals surface area contributed by atoms with E-state index >= 15 is 0 Å². The highest BCUT2D eigenvalue weighted by molar-refractivity contribution is 7.12. The minimum absolute atomic E-state index is 0.651. The number of nitriles is 1. The highest BCUT2D eigenvalue weighted by Crippen LogP contribution is 2.28. The standard InChI is InChI=1S/C13H12N2OS/c1-3-16-11-6-4-10(5-7-11)13-12(8-14)17-9(2)15-13/h4-7H,3H2,1-2H3. The molecular formula is C13H12N2OS.